The van der Waals surface area contributed by atoms with Crippen molar-refractivity contribution in [2.45, 2.75) is 25.8 Å². The average molecular weight is 268 g/mol. The van der Waals surface area contributed by atoms with Crippen LogP contribution in [0.15, 0.2) is 18.2 Å². The number of nitro groups is 1. The van der Waals surface area contributed by atoms with Crippen molar-refractivity contribution in [3.8, 4) is 0 Å². The van der Waals surface area contributed by atoms with Crippen LogP contribution in [0.25, 0.3) is 0 Å². The first kappa shape index (κ1) is 14.9. The highest BCUT2D eigenvalue weighted by molar-refractivity contribution is 5.90. The average Bonchev–Trinajstić information content (AvgIpc) is 2.38. The van der Waals surface area contributed by atoms with Crippen molar-refractivity contribution in [2.75, 3.05) is 11.9 Å². The largest absolute Gasteiger partial charge is 0.478 e. The monoisotopic (exact) mass is 268 g/mol. The van der Waals surface area contributed by atoms with E-state index < -0.39 is 16.4 Å². The Morgan fingerprint density at radius 1 is 1.53 bits per heavy atom. The molecule has 0 spiro atoms. The normalized spacial score (nSPS) is 13.6. The molecule has 104 valence electrons. The number of carboxylic acids is 1. The maximum atomic E-state index is 10.9. The zero-order valence-electron chi connectivity index (χ0n) is 10.7. The molecule has 0 heterocycles. The molecule has 1 unspecified atom stereocenters. The van der Waals surface area contributed by atoms with Gasteiger partial charge in [0.25, 0.3) is 5.69 Å². The third-order valence-corrected chi connectivity index (χ3v) is 3.01. The van der Waals surface area contributed by atoms with Gasteiger partial charge in [-0.25, -0.2) is 4.79 Å². The van der Waals surface area contributed by atoms with E-state index in [1.165, 1.54) is 12.1 Å². The second-order valence-electron chi connectivity index (χ2n) is 4.49. The summed E-state index contributed by atoms with van der Waals surface area (Å²) in [6.45, 7) is 3.29. The lowest BCUT2D eigenvalue weighted by Crippen LogP contribution is -2.38. The van der Waals surface area contributed by atoms with Crippen molar-refractivity contribution in [3.05, 3.63) is 33.9 Å². The Kier molecular flexibility index (Phi) is 4.44. The van der Waals surface area contributed by atoms with E-state index in [2.05, 4.69) is 5.32 Å². The molecule has 0 radical (unpaired) electrons. The van der Waals surface area contributed by atoms with Crippen LogP contribution in [0.4, 0.5) is 11.4 Å². The minimum atomic E-state index is -1.17. The molecular formula is C12H16N2O5. The molecule has 0 aliphatic heterocycles. The number of carbonyl (C=O) groups is 1. The van der Waals surface area contributed by atoms with Gasteiger partial charge in [0.05, 0.1) is 22.6 Å². The number of aromatic carboxylic acids is 1. The Hall–Kier alpha value is -2.15. The summed E-state index contributed by atoms with van der Waals surface area (Å²) < 4.78 is 0. The van der Waals surface area contributed by atoms with Crippen LogP contribution in [-0.4, -0.2) is 33.3 Å². The Bertz CT molecular complexity index is 497. The second-order valence-corrected chi connectivity index (χ2v) is 4.49. The zero-order valence-corrected chi connectivity index (χ0v) is 10.7. The molecule has 1 atom stereocenters. The number of anilines is 1. The Morgan fingerprint density at radius 2 is 2.16 bits per heavy atom. The number of aliphatic hydroxyl groups excluding tert-OH is 1. The lowest BCUT2D eigenvalue weighted by molar-refractivity contribution is -0.384. The smallest absolute Gasteiger partial charge is 0.335 e. The number of nitrogens with zero attached hydrogens (tertiary/aromatic N) is 1. The molecule has 3 N–H and O–H groups in total. The van der Waals surface area contributed by atoms with Crippen molar-refractivity contribution in [1.29, 1.82) is 0 Å². The number of carboxylic acid groups (broad SMARTS) is 1. The standard InChI is InChI=1S/C12H16N2O5/c1-3-12(2,7-15)13-9-6-8(11(16)17)4-5-10(9)14(18)19/h4-6,13,15H,3,7H2,1-2H3,(H,16,17). The van der Waals surface area contributed by atoms with Gasteiger partial charge in [-0.2, -0.15) is 0 Å². The van der Waals surface area contributed by atoms with E-state index in [1.807, 2.05) is 6.92 Å². The van der Waals surface area contributed by atoms with Gasteiger partial charge in [-0.15, -0.1) is 0 Å². The lowest BCUT2D eigenvalue weighted by atomic mass is 9.99. The summed E-state index contributed by atoms with van der Waals surface area (Å²) in [7, 11) is 0. The van der Waals surface area contributed by atoms with Crippen molar-refractivity contribution in [2.24, 2.45) is 0 Å². The van der Waals surface area contributed by atoms with Crippen molar-refractivity contribution < 1.29 is 19.9 Å². The van der Waals surface area contributed by atoms with Gasteiger partial charge in [-0.3, -0.25) is 10.1 Å². The molecule has 1 aromatic carbocycles. The molecule has 0 aromatic heterocycles. The van der Waals surface area contributed by atoms with E-state index in [-0.39, 0.29) is 23.5 Å². The summed E-state index contributed by atoms with van der Waals surface area (Å²) in [6.07, 6.45) is 0.526. The van der Waals surface area contributed by atoms with E-state index >= 15 is 0 Å². The predicted octanol–water partition coefficient (Wildman–Crippen LogP) is 1.87. The van der Waals surface area contributed by atoms with Gasteiger partial charge in [-0.1, -0.05) is 6.92 Å². The summed E-state index contributed by atoms with van der Waals surface area (Å²) in [6, 6.07) is 3.51. The molecule has 0 saturated carbocycles. The minimum Gasteiger partial charge on any atom is -0.478 e. The van der Waals surface area contributed by atoms with Crippen LogP contribution in [0, 0.1) is 10.1 Å². The van der Waals surface area contributed by atoms with Crippen LogP contribution in [-0.2, 0) is 0 Å². The van der Waals surface area contributed by atoms with Crippen molar-refractivity contribution in [3.63, 3.8) is 0 Å². The molecule has 7 nitrogen and oxygen atoms in total. The highest BCUT2D eigenvalue weighted by Gasteiger charge is 2.25. The first-order valence-electron chi connectivity index (χ1n) is 5.73. The lowest BCUT2D eigenvalue weighted by Gasteiger charge is -2.28. The fourth-order valence-corrected chi connectivity index (χ4v) is 1.49. The van der Waals surface area contributed by atoms with E-state index in [0.29, 0.717) is 6.42 Å². The first-order valence-corrected chi connectivity index (χ1v) is 5.73. The van der Waals surface area contributed by atoms with Crippen LogP contribution in [0.3, 0.4) is 0 Å². The van der Waals surface area contributed by atoms with Crippen LogP contribution in [0.2, 0.25) is 0 Å². The fraction of sp³-hybridized carbons (Fsp3) is 0.417. The zero-order chi connectivity index (χ0) is 14.6. The molecule has 0 saturated heterocycles. The summed E-state index contributed by atoms with van der Waals surface area (Å²) in [5.41, 5.74) is -0.937. The van der Waals surface area contributed by atoms with Gasteiger partial charge >= 0.3 is 5.97 Å². The van der Waals surface area contributed by atoms with Gasteiger partial charge in [0.15, 0.2) is 0 Å². The van der Waals surface area contributed by atoms with Gasteiger partial charge in [0, 0.05) is 6.07 Å². The third-order valence-electron chi connectivity index (χ3n) is 3.01. The highest BCUT2D eigenvalue weighted by atomic mass is 16.6. The molecule has 0 fully saturated rings. The molecule has 19 heavy (non-hydrogen) atoms. The highest BCUT2D eigenvalue weighted by Crippen LogP contribution is 2.29. The van der Waals surface area contributed by atoms with Crippen molar-refractivity contribution >= 4 is 17.3 Å². The number of aliphatic hydroxyl groups is 1. The summed E-state index contributed by atoms with van der Waals surface area (Å²) in [5, 5.41) is 32.0. The van der Waals surface area contributed by atoms with Gasteiger partial charge < -0.3 is 15.5 Å². The van der Waals surface area contributed by atoms with Gasteiger partial charge in [-0.05, 0) is 25.5 Å². The van der Waals surface area contributed by atoms with Gasteiger partial charge in [0.1, 0.15) is 5.69 Å². The Balaban J connectivity index is 3.25. The maximum Gasteiger partial charge on any atom is 0.335 e. The Labute approximate surface area is 110 Å². The summed E-state index contributed by atoms with van der Waals surface area (Å²) in [5.74, 6) is -1.17. The summed E-state index contributed by atoms with van der Waals surface area (Å²) in [4.78, 5) is 21.2. The van der Waals surface area contributed by atoms with Gasteiger partial charge in [0.2, 0.25) is 0 Å². The topological polar surface area (TPSA) is 113 Å². The molecule has 0 aliphatic rings. The van der Waals surface area contributed by atoms with E-state index in [1.54, 1.807) is 6.92 Å². The minimum absolute atomic E-state index is 0.0514. The second kappa shape index (κ2) is 5.66. The van der Waals surface area contributed by atoms with E-state index in [4.69, 9.17) is 5.11 Å². The van der Waals surface area contributed by atoms with E-state index in [9.17, 15) is 20.0 Å². The van der Waals surface area contributed by atoms with Crippen molar-refractivity contribution in [1.82, 2.24) is 0 Å². The first-order chi connectivity index (χ1) is 8.83. The Morgan fingerprint density at radius 3 is 2.58 bits per heavy atom. The molecule has 7 heteroatoms. The number of nitrogens with one attached hydrogen (secondary N) is 1. The SMILES string of the molecule is CCC(C)(CO)Nc1cc(C(=O)O)ccc1[N+](=O)[O-]. The van der Waals surface area contributed by atoms with E-state index in [0.717, 1.165) is 6.07 Å². The molecule has 0 amide bonds. The van der Waals surface area contributed by atoms with Crippen LogP contribution < -0.4 is 5.32 Å². The number of rotatable bonds is 6. The maximum absolute atomic E-state index is 10.9. The van der Waals surface area contributed by atoms with Crippen LogP contribution >= 0.6 is 0 Å². The number of nitro benzene ring substituents is 1. The molecule has 1 rings (SSSR count). The summed E-state index contributed by atoms with van der Waals surface area (Å²) >= 11 is 0. The fourth-order valence-electron chi connectivity index (χ4n) is 1.49. The predicted molar refractivity (Wildman–Crippen MR) is 69.5 cm³/mol. The van der Waals surface area contributed by atoms with Crippen LogP contribution in [0.1, 0.15) is 30.6 Å². The molecule has 1 aromatic rings. The molecule has 0 bridgehead atoms. The number of hydrogen-bond acceptors (Lipinski definition) is 5. The number of benzene rings is 1. The quantitative estimate of drug-likeness (QED) is 0.536. The third kappa shape index (κ3) is 3.41. The molecule has 0 aliphatic carbocycles. The number of hydrogen-bond donors (Lipinski definition) is 3. The van der Waals surface area contributed by atoms with Crippen LogP contribution in [0.5, 0.6) is 0 Å². The molecular weight excluding hydrogens is 252 g/mol.